The Bertz CT molecular complexity index is 619. The standard InChI is InChI=1S/C12H11BrN2OS/c1-17(14,16)11-6-7-12(15-8-11)9-2-4-10(13)5-3-9/h2-8,14H,1H3. The third-order valence-corrected chi connectivity index (χ3v) is 4.00. The monoisotopic (exact) mass is 310 g/mol. The summed E-state index contributed by atoms with van der Waals surface area (Å²) in [5.41, 5.74) is 1.80. The second kappa shape index (κ2) is 4.58. The van der Waals surface area contributed by atoms with Crippen molar-refractivity contribution in [1.29, 1.82) is 4.78 Å². The molecule has 1 unspecified atom stereocenters. The maximum atomic E-state index is 11.5. The maximum Gasteiger partial charge on any atom is 0.0712 e. The summed E-state index contributed by atoms with van der Waals surface area (Å²) in [6.07, 6.45) is 2.90. The molecule has 88 valence electrons. The summed E-state index contributed by atoms with van der Waals surface area (Å²) in [4.78, 5) is 4.69. The molecule has 2 aromatic rings. The fourth-order valence-electron chi connectivity index (χ4n) is 1.40. The summed E-state index contributed by atoms with van der Waals surface area (Å²) in [5, 5.41) is 0. The highest BCUT2D eigenvalue weighted by Gasteiger charge is 2.04. The maximum absolute atomic E-state index is 11.5. The molecular weight excluding hydrogens is 300 g/mol. The van der Waals surface area contributed by atoms with Crippen molar-refractivity contribution in [3.05, 3.63) is 47.1 Å². The lowest BCUT2D eigenvalue weighted by Gasteiger charge is -2.03. The molecule has 0 fully saturated rings. The van der Waals surface area contributed by atoms with Gasteiger partial charge in [0.05, 0.1) is 20.3 Å². The van der Waals surface area contributed by atoms with Crippen molar-refractivity contribution in [1.82, 2.24) is 4.98 Å². The van der Waals surface area contributed by atoms with Gasteiger partial charge < -0.3 is 0 Å². The minimum Gasteiger partial charge on any atom is -0.255 e. The Morgan fingerprint density at radius 2 is 1.82 bits per heavy atom. The average molecular weight is 311 g/mol. The van der Waals surface area contributed by atoms with Crippen LogP contribution < -0.4 is 0 Å². The highest BCUT2D eigenvalue weighted by Crippen LogP contribution is 2.20. The first-order chi connectivity index (χ1) is 7.97. The van der Waals surface area contributed by atoms with E-state index in [1.165, 1.54) is 12.5 Å². The number of hydrogen-bond donors (Lipinski definition) is 1. The Morgan fingerprint density at radius 3 is 2.29 bits per heavy atom. The summed E-state index contributed by atoms with van der Waals surface area (Å²) in [5.74, 6) is 0. The van der Waals surface area contributed by atoms with Gasteiger partial charge in [0.1, 0.15) is 0 Å². The molecule has 0 amide bonds. The lowest BCUT2D eigenvalue weighted by atomic mass is 10.1. The van der Waals surface area contributed by atoms with Gasteiger partial charge in [-0.25, -0.2) is 8.99 Å². The number of nitrogens with one attached hydrogen (secondary N) is 1. The molecule has 3 nitrogen and oxygen atoms in total. The minimum atomic E-state index is -2.68. The van der Waals surface area contributed by atoms with E-state index in [-0.39, 0.29) is 0 Å². The van der Waals surface area contributed by atoms with Gasteiger partial charge in [0, 0.05) is 22.5 Å². The Hall–Kier alpha value is -1.20. The molecule has 0 saturated carbocycles. The van der Waals surface area contributed by atoms with E-state index in [9.17, 15) is 4.21 Å². The lowest BCUT2D eigenvalue weighted by Crippen LogP contribution is -1.95. The van der Waals surface area contributed by atoms with Crippen LogP contribution in [-0.4, -0.2) is 15.4 Å². The SMILES string of the molecule is CS(=N)(=O)c1ccc(-c2ccc(Br)cc2)nc1. The molecule has 17 heavy (non-hydrogen) atoms. The number of nitrogens with zero attached hydrogens (tertiary/aromatic N) is 1. The van der Waals surface area contributed by atoms with Gasteiger partial charge in [-0.15, -0.1) is 0 Å². The van der Waals surface area contributed by atoms with Crippen LogP contribution in [0.15, 0.2) is 52.0 Å². The second-order valence-electron chi connectivity index (χ2n) is 3.73. The predicted octanol–water partition coefficient (Wildman–Crippen LogP) is 3.55. The molecule has 0 aliphatic heterocycles. The topological polar surface area (TPSA) is 53.8 Å². The summed E-state index contributed by atoms with van der Waals surface area (Å²) in [6.45, 7) is 0. The Kier molecular flexibility index (Phi) is 3.31. The molecule has 5 heteroatoms. The van der Waals surface area contributed by atoms with Crippen LogP contribution in [-0.2, 0) is 9.73 Å². The first-order valence-electron chi connectivity index (χ1n) is 4.92. The van der Waals surface area contributed by atoms with Crippen LogP contribution in [0.4, 0.5) is 0 Å². The van der Waals surface area contributed by atoms with Crippen molar-refractivity contribution in [2.24, 2.45) is 0 Å². The summed E-state index contributed by atoms with van der Waals surface area (Å²) in [7, 11) is -2.68. The largest absolute Gasteiger partial charge is 0.255 e. The number of aromatic nitrogens is 1. The fraction of sp³-hybridized carbons (Fsp3) is 0.0833. The minimum absolute atomic E-state index is 0.457. The molecule has 0 aliphatic carbocycles. The van der Waals surface area contributed by atoms with Gasteiger partial charge in [0.2, 0.25) is 0 Å². The van der Waals surface area contributed by atoms with Gasteiger partial charge in [0.25, 0.3) is 0 Å². The molecule has 0 bridgehead atoms. The van der Waals surface area contributed by atoms with Gasteiger partial charge in [0.15, 0.2) is 0 Å². The molecule has 1 N–H and O–H groups in total. The summed E-state index contributed by atoms with van der Waals surface area (Å²) in [6, 6.07) is 11.3. The van der Waals surface area contributed by atoms with Crippen molar-refractivity contribution < 1.29 is 4.21 Å². The highest BCUT2D eigenvalue weighted by atomic mass is 79.9. The summed E-state index contributed by atoms with van der Waals surface area (Å²) < 4.78 is 20.0. The molecule has 1 aromatic heterocycles. The van der Waals surface area contributed by atoms with Crippen molar-refractivity contribution in [3.8, 4) is 11.3 Å². The molecule has 0 spiro atoms. The third kappa shape index (κ3) is 2.92. The van der Waals surface area contributed by atoms with E-state index >= 15 is 0 Å². The molecule has 0 saturated heterocycles. The number of pyridine rings is 1. The van der Waals surface area contributed by atoms with E-state index in [2.05, 4.69) is 20.9 Å². The first-order valence-corrected chi connectivity index (χ1v) is 7.68. The molecule has 1 heterocycles. The Balaban J connectivity index is 2.39. The van der Waals surface area contributed by atoms with Gasteiger partial charge in [-0.1, -0.05) is 28.1 Å². The highest BCUT2D eigenvalue weighted by molar-refractivity contribution is 9.10. The Labute approximate surface area is 109 Å². The van der Waals surface area contributed by atoms with Crippen LogP contribution in [0.2, 0.25) is 0 Å². The molecular formula is C12H11BrN2OS. The van der Waals surface area contributed by atoms with Gasteiger partial charge >= 0.3 is 0 Å². The van der Waals surface area contributed by atoms with Crippen LogP contribution in [0, 0.1) is 4.78 Å². The van der Waals surface area contributed by atoms with Crippen molar-refractivity contribution in [3.63, 3.8) is 0 Å². The predicted molar refractivity (Wildman–Crippen MR) is 72.4 cm³/mol. The number of benzene rings is 1. The quantitative estimate of drug-likeness (QED) is 0.922. The Morgan fingerprint density at radius 1 is 1.18 bits per heavy atom. The number of hydrogen-bond acceptors (Lipinski definition) is 3. The second-order valence-corrected chi connectivity index (χ2v) is 6.80. The van der Waals surface area contributed by atoms with Crippen molar-refractivity contribution in [2.75, 3.05) is 6.26 Å². The first kappa shape index (κ1) is 12.3. The van der Waals surface area contributed by atoms with E-state index in [4.69, 9.17) is 4.78 Å². The normalized spacial score (nSPS) is 14.2. The van der Waals surface area contributed by atoms with Crippen LogP contribution in [0.1, 0.15) is 0 Å². The van der Waals surface area contributed by atoms with E-state index in [1.54, 1.807) is 12.1 Å². The van der Waals surface area contributed by atoms with Crippen LogP contribution in [0.3, 0.4) is 0 Å². The molecule has 0 aliphatic rings. The number of rotatable bonds is 2. The van der Waals surface area contributed by atoms with Crippen molar-refractivity contribution in [2.45, 2.75) is 4.90 Å². The van der Waals surface area contributed by atoms with Gasteiger partial charge in [-0.05, 0) is 24.3 Å². The zero-order valence-corrected chi connectivity index (χ0v) is 11.6. The van der Waals surface area contributed by atoms with E-state index in [1.807, 2.05) is 24.3 Å². The molecule has 1 aromatic carbocycles. The number of halogens is 1. The van der Waals surface area contributed by atoms with Gasteiger partial charge in [-0.2, -0.15) is 0 Å². The van der Waals surface area contributed by atoms with Crippen LogP contribution >= 0.6 is 15.9 Å². The molecule has 0 radical (unpaired) electrons. The smallest absolute Gasteiger partial charge is 0.0712 e. The van der Waals surface area contributed by atoms with Crippen LogP contribution in [0.25, 0.3) is 11.3 Å². The van der Waals surface area contributed by atoms with Gasteiger partial charge in [-0.3, -0.25) is 4.98 Å². The van der Waals surface area contributed by atoms with Crippen molar-refractivity contribution >= 4 is 25.7 Å². The third-order valence-electron chi connectivity index (χ3n) is 2.33. The van der Waals surface area contributed by atoms with E-state index in [0.717, 1.165) is 15.7 Å². The van der Waals surface area contributed by atoms with E-state index < -0.39 is 9.73 Å². The molecule has 2 rings (SSSR count). The zero-order valence-electron chi connectivity index (χ0n) is 9.18. The van der Waals surface area contributed by atoms with Crippen LogP contribution in [0.5, 0.6) is 0 Å². The zero-order chi connectivity index (χ0) is 12.5. The average Bonchev–Trinajstić information content (AvgIpc) is 2.29. The lowest BCUT2D eigenvalue weighted by molar-refractivity contribution is 0.678. The molecule has 1 atom stereocenters. The fourth-order valence-corrected chi connectivity index (χ4v) is 2.25. The summed E-state index contributed by atoms with van der Waals surface area (Å²) >= 11 is 3.37. The van der Waals surface area contributed by atoms with E-state index in [0.29, 0.717) is 4.90 Å².